The first-order valence-corrected chi connectivity index (χ1v) is 12.2. The molecule has 0 unspecified atom stereocenters. The molecule has 180 valence electrons. The van der Waals surface area contributed by atoms with Gasteiger partial charge in [-0.05, 0) is 44.2 Å². The fourth-order valence-corrected chi connectivity index (χ4v) is 5.50. The van der Waals surface area contributed by atoms with Crippen molar-refractivity contribution in [3.8, 4) is 0 Å². The van der Waals surface area contributed by atoms with Gasteiger partial charge in [0, 0.05) is 48.4 Å². The molecule has 0 spiro atoms. The molecule has 0 radical (unpaired) electrons. The summed E-state index contributed by atoms with van der Waals surface area (Å²) in [5.74, 6) is 0.0972. The number of pyridine rings is 1. The van der Waals surface area contributed by atoms with Gasteiger partial charge in [0.2, 0.25) is 0 Å². The molecular formula is C26H27FN6O2. The number of benzene rings is 1. The quantitative estimate of drug-likeness (QED) is 0.472. The van der Waals surface area contributed by atoms with Crippen LogP contribution >= 0.6 is 0 Å². The first kappa shape index (κ1) is 21.8. The van der Waals surface area contributed by atoms with Crippen molar-refractivity contribution in [2.75, 3.05) is 18.0 Å². The molecule has 4 aromatic rings. The fourth-order valence-electron chi connectivity index (χ4n) is 5.50. The van der Waals surface area contributed by atoms with E-state index < -0.39 is 6.17 Å². The Balaban J connectivity index is 1.13. The maximum absolute atomic E-state index is 13.6. The summed E-state index contributed by atoms with van der Waals surface area (Å²) in [4.78, 5) is 31.6. The molecule has 1 atom stereocenters. The molecule has 1 aliphatic heterocycles. The van der Waals surface area contributed by atoms with Gasteiger partial charge in [-0.2, -0.15) is 5.10 Å². The van der Waals surface area contributed by atoms with Crippen LogP contribution in [-0.2, 0) is 0 Å². The largest absolute Gasteiger partial charge is 0.368 e. The number of nitrogens with zero attached hydrogens (tertiary/aromatic N) is 4. The molecule has 1 saturated heterocycles. The van der Waals surface area contributed by atoms with Crippen LogP contribution < -0.4 is 15.8 Å². The van der Waals surface area contributed by atoms with Crippen LogP contribution in [-0.4, -0.2) is 50.8 Å². The smallest absolute Gasteiger partial charge is 0.272 e. The monoisotopic (exact) mass is 474 g/mol. The average Bonchev–Trinajstić information content (AvgIpc) is 3.51. The Bertz CT molecular complexity index is 1460. The van der Waals surface area contributed by atoms with Gasteiger partial charge >= 0.3 is 0 Å². The van der Waals surface area contributed by atoms with Crippen LogP contribution in [0.5, 0.6) is 0 Å². The van der Waals surface area contributed by atoms with Gasteiger partial charge in [-0.15, -0.1) is 0 Å². The van der Waals surface area contributed by atoms with Gasteiger partial charge in [-0.3, -0.25) is 14.0 Å². The van der Waals surface area contributed by atoms with Crippen molar-refractivity contribution in [1.82, 2.24) is 24.9 Å². The zero-order chi connectivity index (χ0) is 23.9. The second kappa shape index (κ2) is 8.79. The summed E-state index contributed by atoms with van der Waals surface area (Å²) in [6.45, 7) is 1.09. The first-order chi connectivity index (χ1) is 17.1. The van der Waals surface area contributed by atoms with E-state index in [0.717, 1.165) is 42.5 Å². The third-order valence-electron chi connectivity index (χ3n) is 7.40. The Hall–Kier alpha value is -3.75. The lowest BCUT2D eigenvalue weighted by atomic mass is 9.82. The number of halogens is 1. The summed E-state index contributed by atoms with van der Waals surface area (Å²) in [6.07, 6.45) is 6.63. The third kappa shape index (κ3) is 4.05. The zero-order valence-corrected chi connectivity index (χ0v) is 19.3. The first-order valence-electron chi connectivity index (χ1n) is 12.2. The average molecular weight is 475 g/mol. The van der Waals surface area contributed by atoms with E-state index in [1.807, 2.05) is 47.5 Å². The minimum atomic E-state index is -0.791. The fraction of sp³-hybridized carbons (Fsp3) is 0.385. The number of nitrogens with one attached hydrogen (secondary N) is 2. The Labute approximate surface area is 201 Å². The number of carbonyl (C=O) groups is 1. The molecule has 8 nitrogen and oxygen atoms in total. The standard InChI is InChI=1S/C26H27FN6O2/c27-17-9-11-32(15-17)19-10-12-33-22(14-28-23(33)13-19)26(35)29-18-7-5-16(6-8-18)24-20-3-1-2-4-21(20)25(34)31-30-24/h1-4,10,12-14,16-18H,5-9,11,15H2,(H,29,35)(H,31,34)/t16?,17-,18?/m0/s1. The van der Waals surface area contributed by atoms with E-state index in [9.17, 15) is 14.0 Å². The summed E-state index contributed by atoms with van der Waals surface area (Å²) >= 11 is 0. The van der Waals surface area contributed by atoms with Crippen molar-refractivity contribution in [3.05, 3.63) is 70.5 Å². The van der Waals surface area contributed by atoms with Crippen LogP contribution in [0, 0.1) is 0 Å². The van der Waals surface area contributed by atoms with Gasteiger partial charge in [-0.25, -0.2) is 14.5 Å². The van der Waals surface area contributed by atoms with Crippen LogP contribution in [0.25, 0.3) is 16.4 Å². The lowest BCUT2D eigenvalue weighted by Crippen LogP contribution is -2.38. The highest BCUT2D eigenvalue weighted by Gasteiger charge is 2.27. The highest BCUT2D eigenvalue weighted by molar-refractivity contribution is 5.93. The van der Waals surface area contributed by atoms with Gasteiger partial charge in [0.15, 0.2) is 0 Å². The number of hydrogen-bond donors (Lipinski definition) is 2. The number of amides is 1. The number of anilines is 1. The van der Waals surface area contributed by atoms with Crippen LogP contribution in [0.3, 0.4) is 0 Å². The van der Waals surface area contributed by atoms with Gasteiger partial charge in [0.25, 0.3) is 11.5 Å². The number of carbonyl (C=O) groups excluding carboxylic acids is 1. The summed E-state index contributed by atoms with van der Waals surface area (Å²) in [7, 11) is 0. The summed E-state index contributed by atoms with van der Waals surface area (Å²) < 4.78 is 15.4. The highest BCUT2D eigenvalue weighted by Crippen LogP contribution is 2.34. The Morgan fingerprint density at radius 1 is 1.09 bits per heavy atom. The topological polar surface area (TPSA) is 95.4 Å². The van der Waals surface area contributed by atoms with E-state index >= 15 is 0 Å². The van der Waals surface area contributed by atoms with E-state index in [0.29, 0.717) is 36.2 Å². The van der Waals surface area contributed by atoms with Crippen molar-refractivity contribution >= 4 is 28.0 Å². The molecule has 1 aromatic carbocycles. The zero-order valence-electron chi connectivity index (χ0n) is 19.3. The lowest BCUT2D eigenvalue weighted by molar-refractivity contribution is 0.0919. The molecule has 4 heterocycles. The molecule has 6 rings (SSSR count). The Morgan fingerprint density at radius 3 is 2.66 bits per heavy atom. The molecule has 3 aromatic heterocycles. The normalized spacial score (nSPS) is 22.7. The molecule has 2 N–H and O–H groups in total. The molecular weight excluding hydrogens is 447 g/mol. The van der Waals surface area contributed by atoms with Gasteiger partial charge in [-0.1, -0.05) is 18.2 Å². The number of fused-ring (bicyclic) bond motifs is 2. The SMILES string of the molecule is O=C(NC1CCC(c2n[nH]c(=O)c3ccccc23)CC1)c1cnc2cc(N3CC[C@H](F)C3)ccn12. The molecule has 1 aliphatic carbocycles. The lowest BCUT2D eigenvalue weighted by Gasteiger charge is -2.29. The molecule has 1 amide bonds. The number of alkyl halides is 1. The van der Waals surface area contributed by atoms with E-state index in [-0.39, 0.29) is 23.4 Å². The van der Waals surface area contributed by atoms with Crippen LogP contribution in [0.15, 0.2) is 53.6 Å². The van der Waals surface area contributed by atoms with Crippen LogP contribution in [0.4, 0.5) is 10.1 Å². The van der Waals surface area contributed by atoms with Gasteiger partial charge in [0.1, 0.15) is 17.5 Å². The van der Waals surface area contributed by atoms with Gasteiger partial charge < -0.3 is 10.2 Å². The number of aromatic amines is 1. The number of aromatic nitrogens is 4. The second-order valence-electron chi connectivity index (χ2n) is 9.59. The minimum absolute atomic E-state index is 0.0729. The number of rotatable bonds is 4. The summed E-state index contributed by atoms with van der Waals surface area (Å²) in [5.41, 5.74) is 2.86. The summed E-state index contributed by atoms with van der Waals surface area (Å²) in [6, 6.07) is 11.5. The highest BCUT2D eigenvalue weighted by atomic mass is 19.1. The molecule has 2 aliphatic rings. The van der Waals surface area contributed by atoms with Crippen LogP contribution in [0.2, 0.25) is 0 Å². The third-order valence-corrected chi connectivity index (χ3v) is 7.40. The Morgan fingerprint density at radius 2 is 1.89 bits per heavy atom. The van der Waals surface area contributed by atoms with E-state index in [1.54, 1.807) is 10.6 Å². The molecule has 2 fully saturated rings. The van der Waals surface area contributed by atoms with E-state index in [4.69, 9.17) is 0 Å². The van der Waals surface area contributed by atoms with E-state index in [1.165, 1.54) is 0 Å². The van der Waals surface area contributed by atoms with Crippen molar-refractivity contribution < 1.29 is 9.18 Å². The number of imidazole rings is 1. The second-order valence-corrected chi connectivity index (χ2v) is 9.59. The van der Waals surface area contributed by atoms with Crippen molar-refractivity contribution in [3.63, 3.8) is 0 Å². The molecule has 35 heavy (non-hydrogen) atoms. The molecule has 1 saturated carbocycles. The minimum Gasteiger partial charge on any atom is -0.368 e. The van der Waals surface area contributed by atoms with Crippen molar-refractivity contribution in [2.45, 2.75) is 50.2 Å². The predicted molar refractivity (Wildman–Crippen MR) is 132 cm³/mol. The predicted octanol–water partition coefficient (Wildman–Crippen LogP) is 3.58. The maximum atomic E-state index is 13.6. The number of hydrogen-bond acceptors (Lipinski definition) is 5. The van der Waals surface area contributed by atoms with Crippen LogP contribution in [0.1, 0.15) is 54.2 Å². The molecule has 9 heteroatoms. The van der Waals surface area contributed by atoms with Crippen molar-refractivity contribution in [1.29, 1.82) is 0 Å². The van der Waals surface area contributed by atoms with E-state index in [2.05, 4.69) is 20.5 Å². The molecule has 0 bridgehead atoms. The maximum Gasteiger partial charge on any atom is 0.272 e. The summed E-state index contributed by atoms with van der Waals surface area (Å²) in [5, 5.41) is 11.7. The van der Waals surface area contributed by atoms with Crippen molar-refractivity contribution in [2.24, 2.45) is 0 Å². The Kier molecular flexibility index (Phi) is 5.47. The number of H-pyrrole nitrogens is 1. The van der Waals surface area contributed by atoms with Gasteiger partial charge in [0.05, 0.1) is 17.3 Å².